The molecule has 0 saturated carbocycles. The van der Waals surface area contributed by atoms with Crippen molar-refractivity contribution in [2.75, 3.05) is 23.7 Å². The van der Waals surface area contributed by atoms with Crippen LogP contribution in [0.3, 0.4) is 0 Å². The molecule has 3 N–H and O–H groups in total. The van der Waals surface area contributed by atoms with Crippen molar-refractivity contribution in [1.29, 1.82) is 0 Å². The minimum absolute atomic E-state index is 0.0843. The molecule has 10 nitrogen and oxygen atoms in total. The van der Waals surface area contributed by atoms with Gasteiger partial charge < -0.3 is 20.5 Å². The Morgan fingerprint density at radius 2 is 1.76 bits per heavy atom. The monoisotopic (exact) mass is 513 g/mol. The first-order chi connectivity index (χ1) is 18.0. The maximum atomic E-state index is 12.4. The summed E-state index contributed by atoms with van der Waals surface area (Å²) in [4.78, 5) is 25.3. The Hall–Kier alpha value is -4.73. The van der Waals surface area contributed by atoms with Crippen LogP contribution in [0.4, 0.5) is 17.1 Å². The van der Waals surface area contributed by atoms with Crippen molar-refractivity contribution >= 4 is 40.0 Å². The van der Waals surface area contributed by atoms with Crippen molar-refractivity contribution in [3.05, 3.63) is 86.7 Å². The molecule has 2 aromatic rings. The maximum absolute atomic E-state index is 12.4. The molecular weight excluding hydrogens is 486 g/mol. The van der Waals surface area contributed by atoms with Gasteiger partial charge in [0.2, 0.25) is 0 Å². The van der Waals surface area contributed by atoms with Gasteiger partial charge in [0.15, 0.2) is 0 Å². The topological polar surface area (TPSA) is 164 Å². The van der Waals surface area contributed by atoms with Gasteiger partial charge in [-0.1, -0.05) is 12.2 Å². The smallest absolute Gasteiger partial charge is 0.338 e. The van der Waals surface area contributed by atoms with Crippen molar-refractivity contribution in [2.24, 2.45) is 5.41 Å². The van der Waals surface area contributed by atoms with Gasteiger partial charge in [0.1, 0.15) is 17.2 Å². The third-order valence-corrected chi connectivity index (χ3v) is 7.09. The minimum Gasteiger partial charge on any atom is -0.478 e. The Bertz CT molecular complexity index is 1480. The lowest BCUT2D eigenvalue weighted by molar-refractivity contribution is -0.383. The highest BCUT2D eigenvalue weighted by molar-refractivity contribution is 6.13. The summed E-state index contributed by atoms with van der Waals surface area (Å²) in [7, 11) is 0. The number of rotatable bonds is 8. The summed E-state index contributed by atoms with van der Waals surface area (Å²) < 4.78 is 6.31. The van der Waals surface area contributed by atoms with Gasteiger partial charge in [-0.3, -0.25) is 10.1 Å². The second kappa shape index (κ2) is 9.62. The number of nitrogens with zero attached hydrogens (tertiary/aromatic N) is 4. The summed E-state index contributed by atoms with van der Waals surface area (Å²) in [6, 6.07) is 8.09. The number of aromatic carboxylic acids is 1. The summed E-state index contributed by atoms with van der Waals surface area (Å²) in [5.74, 6) is -0.717. The summed E-state index contributed by atoms with van der Waals surface area (Å²) in [5, 5.41) is 42.5. The third-order valence-electron chi connectivity index (χ3n) is 7.09. The van der Waals surface area contributed by atoms with Crippen LogP contribution in [-0.4, -0.2) is 40.5 Å². The largest absolute Gasteiger partial charge is 0.478 e. The molecule has 38 heavy (non-hydrogen) atoms. The Kier molecular flexibility index (Phi) is 6.67. The number of nitrogens with two attached hydrogens (primary N) is 1. The number of carbonyl (C=O) groups is 1. The predicted molar refractivity (Wildman–Crippen MR) is 146 cm³/mol. The average Bonchev–Trinajstić information content (AvgIpc) is 2.86. The number of nitro groups is 1. The number of fused-ring (bicyclic) bond motifs is 2. The van der Waals surface area contributed by atoms with Gasteiger partial charge in [0, 0.05) is 53.2 Å². The van der Waals surface area contributed by atoms with Crippen molar-refractivity contribution in [2.45, 2.75) is 27.7 Å². The van der Waals surface area contributed by atoms with E-state index in [1.54, 1.807) is 18.2 Å². The molecule has 1 aliphatic carbocycles. The van der Waals surface area contributed by atoms with Gasteiger partial charge in [-0.15, -0.1) is 0 Å². The molecule has 4 rings (SSSR count). The summed E-state index contributed by atoms with van der Waals surface area (Å²) in [6.07, 6.45) is 4.79. The molecule has 0 aromatic heterocycles. The average molecular weight is 514 g/mol. The molecule has 2 radical (unpaired) electrons. The van der Waals surface area contributed by atoms with Crippen molar-refractivity contribution in [3.63, 3.8) is 0 Å². The molecule has 10 heteroatoms. The van der Waals surface area contributed by atoms with E-state index in [0.29, 0.717) is 22.5 Å². The van der Waals surface area contributed by atoms with E-state index in [1.165, 1.54) is 26.0 Å². The van der Waals surface area contributed by atoms with Crippen LogP contribution in [0.5, 0.6) is 5.75 Å². The zero-order valence-corrected chi connectivity index (χ0v) is 21.5. The highest BCUT2D eigenvalue weighted by Gasteiger charge is 2.39. The SMILES string of the molecule is CCN(CC)c1ccc2c(c1)OC1=CC(C(C)=[N])(C(C)=[N])C=CC1=C2c1ccc([N+](=O)[O-])c(N)c1C(=O)O. The molecule has 1 heterocycles. The Balaban J connectivity index is 2.09. The van der Waals surface area contributed by atoms with E-state index in [9.17, 15) is 30.8 Å². The summed E-state index contributed by atoms with van der Waals surface area (Å²) in [6.45, 7) is 8.47. The standard InChI is InChI=1S/C28H27N5O5/c1-5-32(6-2)17-7-8-18-22(13-17)38-23-14-28(15(3)29,16(4)30)12-11-19(23)24(18)20-9-10-21(33(36)37)26(31)25(20)27(34)35/h7-14H,5-6,31H2,1-4H3,(H,34,35). The number of hydrogen-bond donors (Lipinski definition) is 2. The van der Waals surface area contributed by atoms with Crippen molar-refractivity contribution in [3.8, 4) is 5.75 Å². The number of carboxylic acid groups (broad SMARTS) is 1. The summed E-state index contributed by atoms with van der Waals surface area (Å²) in [5.41, 5.74) is 5.70. The van der Waals surface area contributed by atoms with Gasteiger partial charge in [-0.2, -0.15) is 10.8 Å². The zero-order chi connectivity index (χ0) is 27.9. The van der Waals surface area contributed by atoms with Crippen LogP contribution in [0.1, 0.15) is 49.2 Å². The van der Waals surface area contributed by atoms with Gasteiger partial charge in [-0.25, -0.2) is 4.79 Å². The fraction of sp³-hybridized carbons (Fsp3) is 0.250. The number of benzene rings is 2. The highest BCUT2D eigenvalue weighted by atomic mass is 16.6. The van der Waals surface area contributed by atoms with E-state index in [0.717, 1.165) is 18.8 Å². The quantitative estimate of drug-likeness (QED) is 0.234. The molecule has 0 unspecified atom stereocenters. The van der Waals surface area contributed by atoms with Crippen molar-refractivity contribution in [1.82, 2.24) is 10.8 Å². The van der Waals surface area contributed by atoms with Gasteiger partial charge in [0.05, 0.1) is 27.3 Å². The fourth-order valence-corrected chi connectivity index (χ4v) is 4.98. The molecule has 0 atom stereocenters. The van der Waals surface area contributed by atoms with Crippen LogP contribution in [-0.2, 0) is 0 Å². The van der Waals surface area contributed by atoms with E-state index < -0.39 is 33.2 Å². The van der Waals surface area contributed by atoms with E-state index >= 15 is 0 Å². The number of allylic oxidation sites excluding steroid dienone is 3. The molecule has 0 saturated heterocycles. The third kappa shape index (κ3) is 4.03. The Morgan fingerprint density at radius 1 is 1.13 bits per heavy atom. The van der Waals surface area contributed by atoms with E-state index in [-0.39, 0.29) is 22.7 Å². The maximum Gasteiger partial charge on any atom is 0.338 e. The van der Waals surface area contributed by atoms with Crippen LogP contribution >= 0.6 is 0 Å². The Labute approximate surface area is 219 Å². The van der Waals surface area contributed by atoms with E-state index in [1.807, 2.05) is 32.0 Å². The first-order valence-electron chi connectivity index (χ1n) is 12.1. The first-order valence-corrected chi connectivity index (χ1v) is 12.1. The van der Waals surface area contributed by atoms with E-state index in [2.05, 4.69) is 4.90 Å². The zero-order valence-electron chi connectivity index (χ0n) is 21.5. The van der Waals surface area contributed by atoms with Crippen LogP contribution in [0, 0.1) is 15.5 Å². The van der Waals surface area contributed by atoms with Gasteiger partial charge in [-0.05, 0) is 52.0 Å². The lowest BCUT2D eigenvalue weighted by Crippen LogP contribution is -2.36. The van der Waals surface area contributed by atoms with E-state index in [4.69, 9.17) is 10.5 Å². The molecule has 0 spiro atoms. The number of hydrogen-bond acceptors (Lipinski definition) is 6. The number of nitrogen functional groups attached to an aromatic ring is 1. The molecule has 2 aromatic carbocycles. The highest BCUT2D eigenvalue weighted by Crippen LogP contribution is 2.48. The fourth-order valence-electron chi connectivity index (χ4n) is 4.98. The van der Waals surface area contributed by atoms with Crippen LogP contribution in [0.2, 0.25) is 0 Å². The second-order valence-electron chi connectivity index (χ2n) is 9.11. The molecule has 194 valence electrons. The van der Waals surface area contributed by atoms with Crippen LogP contribution in [0.25, 0.3) is 5.57 Å². The number of carboxylic acids is 1. The van der Waals surface area contributed by atoms with Crippen LogP contribution in [0.15, 0.2) is 59.9 Å². The normalized spacial score (nSPS) is 15.1. The molecule has 1 aliphatic heterocycles. The first kappa shape index (κ1) is 26.3. The molecule has 2 aliphatic rings. The number of ether oxygens (including phenoxy) is 1. The second-order valence-corrected chi connectivity index (χ2v) is 9.11. The van der Waals surface area contributed by atoms with Crippen LogP contribution < -0.4 is 26.2 Å². The van der Waals surface area contributed by atoms with Gasteiger partial charge >= 0.3 is 5.97 Å². The lowest BCUT2D eigenvalue weighted by Gasteiger charge is -2.34. The number of anilines is 2. The van der Waals surface area contributed by atoms with Crippen molar-refractivity contribution < 1.29 is 19.6 Å². The minimum atomic E-state index is -1.42. The number of nitro benzene ring substituents is 1. The molecule has 0 amide bonds. The molecule has 0 fully saturated rings. The van der Waals surface area contributed by atoms with Gasteiger partial charge in [0.25, 0.3) is 5.69 Å². The molecule has 0 bridgehead atoms. The Morgan fingerprint density at radius 3 is 2.32 bits per heavy atom. The summed E-state index contributed by atoms with van der Waals surface area (Å²) >= 11 is 0. The predicted octanol–water partition coefficient (Wildman–Crippen LogP) is 3.88. The molecular formula is C28H27N5O5. The lowest BCUT2D eigenvalue weighted by atomic mass is 9.73.